The molecule has 3 amide bonds. The van der Waals surface area contributed by atoms with E-state index in [1.165, 1.54) is 53.7 Å². The molecular formula is C39H56N6O3. The number of amides is 3. The molecule has 6 rings (SSSR count). The first kappa shape index (κ1) is 34.3. The van der Waals surface area contributed by atoms with E-state index in [-0.39, 0.29) is 23.8 Å². The summed E-state index contributed by atoms with van der Waals surface area (Å²) in [7, 11) is 1.72. The Morgan fingerprint density at radius 2 is 1.44 bits per heavy atom. The van der Waals surface area contributed by atoms with Gasteiger partial charge in [0.05, 0.1) is 12.1 Å². The number of carbonyl (C=O) groups is 3. The van der Waals surface area contributed by atoms with E-state index in [2.05, 4.69) is 62.1 Å². The lowest BCUT2D eigenvalue weighted by Crippen LogP contribution is -2.59. The lowest BCUT2D eigenvalue weighted by Gasteiger charge is -2.41. The minimum absolute atomic E-state index is 0.0783. The molecule has 2 aromatic carbocycles. The van der Waals surface area contributed by atoms with E-state index in [0.29, 0.717) is 13.0 Å². The predicted molar refractivity (Wildman–Crippen MR) is 192 cm³/mol. The van der Waals surface area contributed by atoms with Crippen molar-refractivity contribution in [2.45, 2.75) is 110 Å². The summed E-state index contributed by atoms with van der Waals surface area (Å²) in [4.78, 5) is 47.5. The Morgan fingerprint density at radius 1 is 0.792 bits per heavy atom. The highest BCUT2D eigenvalue weighted by atomic mass is 16.2. The van der Waals surface area contributed by atoms with E-state index >= 15 is 0 Å². The second-order valence-corrected chi connectivity index (χ2v) is 15.4. The Labute approximate surface area is 287 Å². The molecule has 260 valence electrons. The van der Waals surface area contributed by atoms with Crippen LogP contribution in [0.1, 0.15) is 94.5 Å². The topological polar surface area (TPSA) is 97.0 Å². The molecule has 4 aliphatic rings. The van der Waals surface area contributed by atoms with E-state index in [4.69, 9.17) is 0 Å². The van der Waals surface area contributed by atoms with Gasteiger partial charge in [0.25, 0.3) is 0 Å². The van der Waals surface area contributed by atoms with Crippen LogP contribution in [0, 0.1) is 5.41 Å². The molecule has 0 unspecified atom stereocenters. The number of hydrogen-bond acceptors (Lipinski definition) is 6. The van der Waals surface area contributed by atoms with E-state index in [1.54, 1.807) is 24.4 Å². The molecule has 2 aliphatic heterocycles. The molecular weight excluding hydrogens is 600 g/mol. The number of hydrogen-bond donors (Lipinski definition) is 3. The Balaban J connectivity index is 1.13. The van der Waals surface area contributed by atoms with Gasteiger partial charge in [0.2, 0.25) is 17.7 Å². The fraction of sp³-hybridized carbons (Fsp3) is 0.615. The summed E-state index contributed by atoms with van der Waals surface area (Å²) in [5, 5.41) is 9.29. The van der Waals surface area contributed by atoms with Crippen LogP contribution in [0.4, 0.5) is 11.4 Å². The molecule has 9 nitrogen and oxygen atoms in total. The van der Waals surface area contributed by atoms with Crippen LogP contribution in [-0.4, -0.2) is 80.5 Å². The van der Waals surface area contributed by atoms with E-state index in [0.717, 1.165) is 51.9 Å². The summed E-state index contributed by atoms with van der Waals surface area (Å²) in [5.74, 6) is -0.495. The van der Waals surface area contributed by atoms with E-state index in [1.807, 2.05) is 20.8 Å². The molecule has 0 spiro atoms. The number of rotatable bonds is 8. The van der Waals surface area contributed by atoms with Gasteiger partial charge in [-0.2, -0.15) is 0 Å². The number of carbonyl (C=O) groups excluding carboxylic acids is 3. The van der Waals surface area contributed by atoms with Crippen molar-refractivity contribution in [1.29, 1.82) is 0 Å². The van der Waals surface area contributed by atoms with Gasteiger partial charge in [-0.15, -0.1) is 0 Å². The number of likely N-dealkylation sites (N-methyl/N-ethyl adjacent to an activating group) is 1. The average Bonchev–Trinajstić information content (AvgIpc) is 3.60. The zero-order chi connectivity index (χ0) is 34.0. The van der Waals surface area contributed by atoms with Gasteiger partial charge in [-0.05, 0) is 112 Å². The molecule has 0 saturated carbocycles. The fourth-order valence-corrected chi connectivity index (χ4v) is 8.31. The van der Waals surface area contributed by atoms with Crippen molar-refractivity contribution in [3.8, 4) is 0 Å². The summed E-state index contributed by atoms with van der Waals surface area (Å²) >= 11 is 0. The molecule has 0 radical (unpaired) electrons. The zero-order valence-electron chi connectivity index (χ0n) is 29.7. The van der Waals surface area contributed by atoms with E-state index < -0.39 is 23.5 Å². The summed E-state index contributed by atoms with van der Waals surface area (Å²) in [5.41, 5.74) is 7.91. The molecule has 2 heterocycles. The quantitative estimate of drug-likeness (QED) is 0.387. The lowest BCUT2D eigenvalue weighted by molar-refractivity contribution is -0.144. The van der Waals surface area contributed by atoms with Crippen LogP contribution in [0.2, 0.25) is 0 Å². The van der Waals surface area contributed by atoms with Crippen LogP contribution in [0.3, 0.4) is 0 Å². The Morgan fingerprint density at radius 3 is 2.12 bits per heavy atom. The molecule has 2 aromatic rings. The zero-order valence-corrected chi connectivity index (χ0v) is 29.7. The minimum Gasteiger partial charge on any atom is -0.368 e. The number of piperazine rings is 1. The van der Waals surface area contributed by atoms with Crippen molar-refractivity contribution in [3.05, 3.63) is 58.7 Å². The molecule has 2 fully saturated rings. The average molecular weight is 657 g/mol. The third-order valence-corrected chi connectivity index (χ3v) is 11.2. The molecule has 0 bridgehead atoms. The fourth-order valence-electron chi connectivity index (χ4n) is 8.31. The Kier molecular flexibility index (Phi) is 10.3. The smallest absolute Gasteiger partial charge is 0.246 e. The summed E-state index contributed by atoms with van der Waals surface area (Å²) < 4.78 is 0. The van der Waals surface area contributed by atoms with Gasteiger partial charge in [0.1, 0.15) is 12.1 Å². The molecule has 3 N–H and O–H groups in total. The summed E-state index contributed by atoms with van der Waals surface area (Å²) in [6, 6.07) is 11.7. The number of nitrogens with zero attached hydrogens (tertiary/aromatic N) is 3. The predicted octanol–water partition coefficient (Wildman–Crippen LogP) is 4.52. The van der Waals surface area contributed by atoms with Crippen LogP contribution >= 0.6 is 0 Å². The summed E-state index contributed by atoms with van der Waals surface area (Å²) in [6.45, 7) is 12.1. The maximum atomic E-state index is 13.9. The van der Waals surface area contributed by atoms with Crippen molar-refractivity contribution >= 4 is 29.1 Å². The van der Waals surface area contributed by atoms with Crippen LogP contribution in [0.5, 0.6) is 0 Å². The van der Waals surface area contributed by atoms with Crippen molar-refractivity contribution in [3.63, 3.8) is 0 Å². The molecule has 9 heteroatoms. The monoisotopic (exact) mass is 656 g/mol. The standard InChI is InChI=1S/C39H56N6O3/c1-26(40-5)36(46)42-35(39(2,3)4)38(48)45-21-11-20-34(45)37(47)41-31-17-9-16-30-29(31)15-10-19-33(30)44-24-22-43(23-25-44)32-18-8-13-27-12-6-7-14-28(27)32/h8,10,13,15,18-19,26,31,34-35,40H,6-7,9,11-12,14,16-17,20-25H2,1-5H3,(H,41,47)(H,42,46)/t26-,31+,34-,35+/m0/s1. The first-order valence-corrected chi connectivity index (χ1v) is 18.4. The summed E-state index contributed by atoms with van der Waals surface area (Å²) in [6.07, 6.45) is 9.30. The number of aryl methyl sites for hydroxylation is 1. The largest absolute Gasteiger partial charge is 0.368 e. The Hall–Kier alpha value is -3.59. The molecule has 0 aromatic heterocycles. The van der Waals surface area contributed by atoms with Crippen LogP contribution in [0.15, 0.2) is 36.4 Å². The van der Waals surface area contributed by atoms with E-state index in [9.17, 15) is 14.4 Å². The van der Waals surface area contributed by atoms with Gasteiger partial charge < -0.3 is 30.7 Å². The van der Waals surface area contributed by atoms with Crippen molar-refractivity contribution in [2.24, 2.45) is 5.41 Å². The lowest BCUT2D eigenvalue weighted by atomic mass is 9.85. The highest BCUT2D eigenvalue weighted by molar-refractivity contribution is 5.94. The molecule has 48 heavy (non-hydrogen) atoms. The molecule has 2 saturated heterocycles. The first-order chi connectivity index (χ1) is 23.1. The Bertz CT molecular complexity index is 1490. The van der Waals surface area contributed by atoms with Gasteiger partial charge in [-0.3, -0.25) is 14.4 Å². The minimum atomic E-state index is -0.722. The third kappa shape index (κ3) is 7.07. The normalized spacial score (nSPS) is 22.4. The maximum absolute atomic E-state index is 13.9. The van der Waals surface area contributed by atoms with Crippen molar-refractivity contribution < 1.29 is 14.4 Å². The van der Waals surface area contributed by atoms with Crippen molar-refractivity contribution in [2.75, 3.05) is 49.6 Å². The van der Waals surface area contributed by atoms with Crippen molar-refractivity contribution in [1.82, 2.24) is 20.9 Å². The highest BCUT2D eigenvalue weighted by Gasteiger charge is 2.43. The number of fused-ring (bicyclic) bond motifs is 2. The number of benzene rings is 2. The molecule has 4 atom stereocenters. The number of anilines is 2. The van der Waals surface area contributed by atoms with Gasteiger partial charge in [0.15, 0.2) is 0 Å². The maximum Gasteiger partial charge on any atom is 0.246 e. The van der Waals surface area contributed by atoms with Crippen LogP contribution in [0.25, 0.3) is 0 Å². The number of likely N-dealkylation sites (tertiary alicyclic amines) is 1. The van der Waals surface area contributed by atoms with Crippen LogP contribution < -0.4 is 25.8 Å². The third-order valence-electron chi connectivity index (χ3n) is 11.2. The van der Waals surface area contributed by atoms with Gasteiger partial charge in [-0.25, -0.2) is 0 Å². The van der Waals surface area contributed by atoms with Crippen LogP contribution in [-0.2, 0) is 33.6 Å². The second-order valence-electron chi connectivity index (χ2n) is 15.4. The van der Waals surface area contributed by atoms with Gasteiger partial charge >= 0.3 is 0 Å². The number of nitrogens with one attached hydrogen (secondary N) is 3. The SMILES string of the molecule is CN[C@@H](C)C(=O)N[C@H](C(=O)N1CCC[C@H]1C(=O)N[C@@H]1CCCc2c1cccc2N1CCN(c2cccc3c2CCCC3)CC1)C(C)(C)C. The molecule has 2 aliphatic carbocycles. The second kappa shape index (κ2) is 14.5. The first-order valence-electron chi connectivity index (χ1n) is 18.4. The van der Waals surface area contributed by atoms with Gasteiger partial charge in [-0.1, -0.05) is 45.0 Å². The van der Waals surface area contributed by atoms with Gasteiger partial charge in [0, 0.05) is 44.1 Å². The highest BCUT2D eigenvalue weighted by Crippen LogP contribution is 2.38.